The smallest absolute Gasteiger partial charge is 0.254 e. The molecule has 218 valence electrons. The lowest BCUT2D eigenvalue weighted by molar-refractivity contribution is 0.0400. The normalized spacial score (nSPS) is 14.8. The van der Waals surface area contributed by atoms with E-state index in [2.05, 4.69) is 33.7 Å². The van der Waals surface area contributed by atoms with Gasteiger partial charge in [0.15, 0.2) is 0 Å². The second-order valence-electron chi connectivity index (χ2n) is 10.2. The van der Waals surface area contributed by atoms with Crippen molar-refractivity contribution in [1.82, 2.24) is 9.88 Å². The molecule has 5 rings (SSSR count). The first-order valence-electron chi connectivity index (χ1n) is 13.8. The fraction of sp³-hybridized carbons (Fsp3) is 0.219. The maximum atomic E-state index is 13.4. The van der Waals surface area contributed by atoms with Crippen LogP contribution < -0.4 is 16.4 Å². The fourth-order valence-corrected chi connectivity index (χ4v) is 5.45. The van der Waals surface area contributed by atoms with E-state index in [-0.39, 0.29) is 30.7 Å². The van der Waals surface area contributed by atoms with E-state index in [9.17, 15) is 14.4 Å². The van der Waals surface area contributed by atoms with Crippen LogP contribution in [0.25, 0.3) is 10.9 Å². The molecular weight excluding hydrogens is 567 g/mol. The number of fused-ring (bicyclic) bond motifs is 1. The van der Waals surface area contributed by atoms with Crippen molar-refractivity contribution in [2.75, 3.05) is 23.7 Å². The number of nitriles is 1. The Labute approximate surface area is 253 Å². The molecule has 1 aliphatic rings. The minimum absolute atomic E-state index is 0.0641. The predicted molar refractivity (Wildman–Crippen MR) is 166 cm³/mol. The van der Waals surface area contributed by atoms with Crippen molar-refractivity contribution in [3.8, 4) is 6.07 Å². The lowest BCUT2D eigenvalue weighted by Crippen LogP contribution is -2.51. The van der Waals surface area contributed by atoms with Gasteiger partial charge in [0.25, 0.3) is 5.91 Å². The van der Waals surface area contributed by atoms with Crippen molar-refractivity contribution in [2.24, 2.45) is 10.8 Å². The van der Waals surface area contributed by atoms with Crippen LogP contribution in [-0.2, 0) is 0 Å². The summed E-state index contributed by atoms with van der Waals surface area (Å²) in [5.41, 5.74) is 17.9. The van der Waals surface area contributed by atoms with Gasteiger partial charge in [-0.15, -0.1) is 0 Å². The Morgan fingerprint density at radius 3 is 2.60 bits per heavy atom. The maximum absolute atomic E-state index is 13.4. The van der Waals surface area contributed by atoms with Crippen LogP contribution in [0.4, 0.5) is 15.8 Å². The molecule has 3 aromatic carbocycles. The van der Waals surface area contributed by atoms with Gasteiger partial charge < -0.3 is 21.3 Å². The molecule has 11 heteroatoms. The molecular formula is C32H30ClFN8O. The van der Waals surface area contributed by atoms with Gasteiger partial charge in [0.2, 0.25) is 0 Å². The van der Waals surface area contributed by atoms with Crippen molar-refractivity contribution < 1.29 is 9.18 Å². The van der Waals surface area contributed by atoms with Gasteiger partial charge in [-0.25, -0.2) is 9.92 Å². The van der Waals surface area contributed by atoms with Crippen LogP contribution in [0.1, 0.15) is 52.5 Å². The summed E-state index contributed by atoms with van der Waals surface area (Å²) in [6, 6.07) is 21.8. The highest BCUT2D eigenvalue weighted by atomic mass is 35.5. The highest BCUT2D eigenvalue weighted by Crippen LogP contribution is 2.37. The molecule has 2 heterocycles. The van der Waals surface area contributed by atoms with Crippen molar-refractivity contribution in [1.29, 1.82) is 10.8 Å². The Kier molecular flexibility index (Phi) is 8.83. The largest absolute Gasteiger partial charge is 0.403 e. The third-order valence-electron chi connectivity index (χ3n) is 7.47. The number of nitrogens with one attached hydrogen (secondary N) is 3. The number of pyridine rings is 1. The van der Waals surface area contributed by atoms with Gasteiger partial charge in [-0.1, -0.05) is 61.0 Å². The summed E-state index contributed by atoms with van der Waals surface area (Å²) >= 11 is 6.74. The first kappa shape index (κ1) is 29.5. The number of hydrogen-bond donors (Lipinski definition) is 4. The second kappa shape index (κ2) is 12.9. The van der Waals surface area contributed by atoms with E-state index in [0.29, 0.717) is 44.0 Å². The summed E-state index contributed by atoms with van der Waals surface area (Å²) < 4.78 is 13.4. The van der Waals surface area contributed by atoms with Crippen molar-refractivity contribution in [2.45, 2.75) is 31.6 Å². The van der Waals surface area contributed by atoms with Gasteiger partial charge in [-0.05, 0) is 41.8 Å². The van der Waals surface area contributed by atoms with Crippen LogP contribution in [0.2, 0.25) is 5.02 Å². The number of amides is 1. The third kappa shape index (κ3) is 6.12. The van der Waals surface area contributed by atoms with Gasteiger partial charge in [-0.3, -0.25) is 9.78 Å². The van der Waals surface area contributed by atoms with E-state index < -0.39 is 12.2 Å². The molecule has 1 saturated heterocycles. The number of aromatic nitrogens is 1. The topological polar surface area (TPSA) is 143 Å². The van der Waals surface area contributed by atoms with E-state index in [1.54, 1.807) is 30.3 Å². The zero-order chi connectivity index (χ0) is 30.5. The number of carbonyl (C=O) groups is 1. The molecule has 0 spiro atoms. The average molecular weight is 597 g/mol. The minimum atomic E-state index is -1.01. The van der Waals surface area contributed by atoms with Gasteiger partial charge in [-0.2, -0.15) is 10.4 Å². The molecule has 0 aliphatic carbocycles. The predicted octanol–water partition coefficient (Wildman–Crippen LogP) is 7.10. The number of carbonyl (C=O) groups excluding carboxylic acids is 1. The highest BCUT2D eigenvalue weighted by molar-refractivity contribution is 6.35. The summed E-state index contributed by atoms with van der Waals surface area (Å²) in [4.78, 5) is 18.8. The Bertz CT molecular complexity index is 1730. The number of halogens is 2. The first-order valence-corrected chi connectivity index (χ1v) is 14.2. The molecule has 5 N–H and O–H groups in total. The van der Waals surface area contributed by atoms with Gasteiger partial charge in [0.1, 0.15) is 17.9 Å². The van der Waals surface area contributed by atoms with Crippen LogP contribution in [0.3, 0.4) is 0 Å². The van der Waals surface area contributed by atoms with Crippen molar-refractivity contribution in [3.63, 3.8) is 0 Å². The van der Waals surface area contributed by atoms with Gasteiger partial charge >= 0.3 is 0 Å². The zero-order valence-electron chi connectivity index (χ0n) is 23.4. The Morgan fingerprint density at radius 1 is 1.21 bits per heavy atom. The van der Waals surface area contributed by atoms with Gasteiger partial charge in [0, 0.05) is 29.0 Å². The Morgan fingerprint density at radius 2 is 1.95 bits per heavy atom. The molecule has 9 nitrogen and oxygen atoms in total. The van der Waals surface area contributed by atoms with Crippen molar-refractivity contribution in [3.05, 3.63) is 112 Å². The zero-order valence-corrected chi connectivity index (χ0v) is 24.1. The molecule has 0 unspecified atom stereocenters. The lowest BCUT2D eigenvalue weighted by Gasteiger charge is -2.34. The van der Waals surface area contributed by atoms with Crippen LogP contribution in [0, 0.1) is 16.9 Å². The van der Waals surface area contributed by atoms with Crippen LogP contribution in [0.5, 0.6) is 0 Å². The molecule has 2 atom stereocenters. The molecule has 4 aromatic rings. The number of rotatable bonds is 10. The van der Waals surface area contributed by atoms with E-state index >= 15 is 0 Å². The monoisotopic (exact) mass is 596 g/mol. The summed E-state index contributed by atoms with van der Waals surface area (Å²) in [5, 5.41) is 21.5. The summed E-state index contributed by atoms with van der Waals surface area (Å²) in [5.74, 6) is -0.279. The minimum Gasteiger partial charge on any atom is -0.403 e. The molecule has 0 saturated carbocycles. The van der Waals surface area contributed by atoms with Crippen LogP contribution in [0.15, 0.2) is 89.9 Å². The van der Waals surface area contributed by atoms with E-state index in [0.717, 1.165) is 12.0 Å². The van der Waals surface area contributed by atoms with Gasteiger partial charge in [0.05, 0.1) is 47.0 Å². The Hall–Kier alpha value is -5.01. The van der Waals surface area contributed by atoms with Crippen molar-refractivity contribution >= 4 is 39.8 Å². The standard InChI is InChI=1S/C32H30ClFN8O/c1-2-27(19-7-4-3-5-8-19)40-29-22(14-35)16-38-31-25(29)12-24(13-26(31)33)39-30(28(15-36)41-37)20-9-6-10-21(11-20)32(43)42-17-23(34)18-42/h3-13,15-16,23,27,30,37,39H,2,17-18,36H2,1H3,(H,38,40)/b28-15-,41-37?/t27-,30+/m1/s1. The first-order chi connectivity index (χ1) is 20.9. The number of likely N-dealkylation sites (tertiary alicyclic amines) is 1. The molecule has 1 fully saturated rings. The highest BCUT2D eigenvalue weighted by Gasteiger charge is 2.31. The molecule has 0 radical (unpaired) electrons. The summed E-state index contributed by atoms with van der Waals surface area (Å²) in [6.45, 7) is 2.19. The van der Waals surface area contributed by atoms with E-state index in [4.69, 9.17) is 22.9 Å². The number of nitrogens with zero attached hydrogens (tertiary/aromatic N) is 4. The summed E-state index contributed by atoms with van der Waals surface area (Å²) in [7, 11) is 0. The Balaban J connectivity index is 1.55. The second-order valence-corrected chi connectivity index (χ2v) is 10.6. The number of benzene rings is 3. The molecule has 43 heavy (non-hydrogen) atoms. The third-order valence-corrected chi connectivity index (χ3v) is 7.76. The molecule has 1 aromatic heterocycles. The van der Waals surface area contributed by atoms with Crippen LogP contribution >= 0.6 is 11.6 Å². The maximum Gasteiger partial charge on any atom is 0.254 e. The van der Waals surface area contributed by atoms with Crippen LogP contribution in [-0.4, -0.2) is 35.1 Å². The lowest BCUT2D eigenvalue weighted by atomic mass is 9.99. The number of anilines is 2. The number of hydrogen-bond acceptors (Lipinski definition) is 8. The van der Waals surface area contributed by atoms with E-state index in [1.807, 2.05) is 36.4 Å². The number of nitrogens with two attached hydrogens (primary N) is 1. The average Bonchev–Trinajstić information content (AvgIpc) is 3.02. The number of alkyl halides is 1. The quantitative estimate of drug-likeness (QED) is 0.144. The van der Waals surface area contributed by atoms with E-state index in [1.165, 1.54) is 17.3 Å². The molecule has 1 amide bonds. The molecule has 1 aliphatic heterocycles. The fourth-order valence-electron chi connectivity index (χ4n) is 5.18. The SMILES string of the molecule is CC[C@@H](Nc1c(C#N)cnc2c(Cl)cc(N[C@H](/C(=C/N)N=N)c3cccc(C(=O)N4CC(F)C4)c3)cc12)c1ccccc1. The summed E-state index contributed by atoms with van der Waals surface area (Å²) in [6.07, 6.45) is 2.48. The molecule has 0 bridgehead atoms.